The second kappa shape index (κ2) is 11.6. The molecule has 0 aromatic heterocycles. The highest BCUT2D eigenvalue weighted by molar-refractivity contribution is 5.20. The summed E-state index contributed by atoms with van der Waals surface area (Å²) < 4.78 is 13.2. The molecule has 4 N–H and O–H groups in total. The van der Waals surface area contributed by atoms with Crippen molar-refractivity contribution in [3.8, 4) is 0 Å². The fourth-order valence-electron chi connectivity index (χ4n) is 7.33. The minimum atomic E-state index is -2.02. The Balaban J connectivity index is 1.64. The van der Waals surface area contributed by atoms with Crippen LogP contribution in [0.3, 0.4) is 0 Å². The summed E-state index contributed by atoms with van der Waals surface area (Å²) in [5, 5.41) is 41.2. The lowest BCUT2D eigenvalue weighted by Gasteiger charge is -2.44. The summed E-state index contributed by atoms with van der Waals surface area (Å²) in [6.07, 6.45) is 17.0. The summed E-state index contributed by atoms with van der Waals surface area (Å²) in [4.78, 5) is 0. The second-order valence-electron chi connectivity index (χ2n) is 12.0. The van der Waals surface area contributed by atoms with E-state index in [0.717, 1.165) is 25.7 Å². The molecule has 0 bridgehead atoms. The molecule has 3 unspecified atom stereocenters. The number of hydrogen-bond donors (Lipinski definition) is 4. The predicted molar refractivity (Wildman–Crippen MR) is 140 cm³/mol. The van der Waals surface area contributed by atoms with Crippen molar-refractivity contribution in [3.63, 3.8) is 0 Å². The van der Waals surface area contributed by atoms with E-state index in [0.29, 0.717) is 30.6 Å². The fraction of sp³-hybridized carbons (Fsp3) is 0.800. The molecule has 0 radical (unpaired) electrons. The van der Waals surface area contributed by atoms with Crippen LogP contribution in [0.25, 0.3) is 0 Å². The molecule has 35 heavy (non-hydrogen) atoms. The van der Waals surface area contributed by atoms with Gasteiger partial charge in [0.1, 0.15) is 12.3 Å². The third-order valence-corrected chi connectivity index (χ3v) is 10.0. The Hall–Kier alpha value is -1.01. The Kier molecular flexibility index (Phi) is 9.45. The van der Waals surface area contributed by atoms with Gasteiger partial charge in [0, 0.05) is 0 Å². The molecular formula is C30H49FO4. The van der Waals surface area contributed by atoms with E-state index in [-0.39, 0.29) is 11.3 Å². The van der Waals surface area contributed by atoms with E-state index >= 15 is 0 Å². The van der Waals surface area contributed by atoms with Crippen molar-refractivity contribution in [3.05, 3.63) is 36.0 Å². The summed E-state index contributed by atoms with van der Waals surface area (Å²) in [6, 6.07) is 0. The maximum atomic E-state index is 13.2. The van der Waals surface area contributed by atoms with Gasteiger partial charge < -0.3 is 20.4 Å². The number of allylic oxidation sites excluding steroid dienone is 5. The van der Waals surface area contributed by atoms with E-state index in [4.69, 9.17) is 0 Å². The van der Waals surface area contributed by atoms with Crippen molar-refractivity contribution in [2.75, 3.05) is 6.67 Å². The average Bonchev–Trinajstić information content (AvgIpc) is 3.21. The average molecular weight is 493 g/mol. The minimum absolute atomic E-state index is 0.0586. The molecule has 0 heterocycles. The first-order valence-electron chi connectivity index (χ1n) is 13.9. The molecule has 0 aromatic rings. The zero-order valence-electron chi connectivity index (χ0n) is 22.3. The lowest BCUT2D eigenvalue weighted by molar-refractivity contribution is -0.185. The maximum absolute atomic E-state index is 13.2. The number of alkyl halides is 1. The molecular weight excluding hydrogens is 443 g/mol. The molecule has 3 rings (SSSR count). The number of hydrogen-bond acceptors (Lipinski definition) is 4. The summed E-state index contributed by atoms with van der Waals surface area (Å²) in [5.41, 5.74) is -0.944. The lowest BCUT2D eigenvalue weighted by Crippen LogP contribution is -2.58. The van der Waals surface area contributed by atoms with Crippen LogP contribution in [0.5, 0.6) is 0 Å². The van der Waals surface area contributed by atoms with Gasteiger partial charge in [-0.1, -0.05) is 63.6 Å². The zero-order valence-corrected chi connectivity index (χ0v) is 22.3. The monoisotopic (exact) mass is 492 g/mol. The molecule has 3 aliphatic carbocycles. The number of rotatable bonds is 9. The van der Waals surface area contributed by atoms with Crippen molar-refractivity contribution < 1.29 is 24.8 Å². The molecule has 200 valence electrons. The fourth-order valence-corrected chi connectivity index (χ4v) is 7.33. The molecule has 0 amide bonds. The van der Waals surface area contributed by atoms with E-state index in [1.165, 1.54) is 31.3 Å². The van der Waals surface area contributed by atoms with E-state index in [1.54, 1.807) is 0 Å². The Morgan fingerprint density at radius 2 is 1.77 bits per heavy atom. The Labute approximate surface area is 212 Å². The third kappa shape index (κ3) is 5.95. The highest BCUT2D eigenvalue weighted by Crippen LogP contribution is 2.59. The van der Waals surface area contributed by atoms with Gasteiger partial charge in [0.25, 0.3) is 0 Å². The first-order chi connectivity index (χ1) is 16.5. The van der Waals surface area contributed by atoms with Crippen LogP contribution in [-0.2, 0) is 0 Å². The van der Waals surface area contributed by atoms with Gasteiger partial charge in [-0.25, -0.2) is 4.39 Å². The molecule has 6 atom stereocenters. The topological polar surface area (TPSA) is 80.9 Å². The molecule has 3 saturated carbocycles. The van der Waals surface area contributed by atoms with Crippen molar-refractivity contribution >= 4 is 0 Å². The standard InChI is InChI=1S/C30H49FO4/c1-5-29(34,6-2)17-8-7-10-21(3)24-14-15-25-23(11-9-16-28(24,25)4)13-12-22-18-26(32)30(35,20-31)27(33)19-22/h7-8,10,13,17,21-22,24-27,32-35H,5-6,9,11-12,14-16,18-20H2,1-4H3/b10-7+,17-8+,23-13+/t21-,22?,24?,25?,26-,27-,28?,30?/m1/s1. The van der Waals surface area contributed by atoms with Gasteiger partial charge in [-0.2, -0.15) is 0 Å². The number of aliphatic hydroxyl groups excluding tert-OH is 2. The van der Waals surface area contributed by atoms with E-state index in [1.807, 2.05) is 26.0 Å². The minimum Gasteiger partial charge on any atom is -0.390 e. The van der Waals surface area contributed by atoms with Crippen molar-refractivity contribution in [1.29, 1.82) is 0 Å². The van der Waals surface area contributed by atoms with Gasteiger partial charge in [0.05, 0.1) is 17.8 Å². The third-order valence-electron chi connectivity index (χ3n) is 10.0. The van der Waals surface area contributed by atoms with E-state index in [2.05, 4.69) is 32.1 Å². The van der Waals surface area contributed by atoms with Gasteiger partial charge in [0.2, 0.25) is 0 Å². The Bertz CT molecular complexity index is 773. The molecule has 5 heteroatoms. The van der Waals surface area contributed by atoms with Crippen LogP contribution in [0.15, 0.2) is 36.0 Å². The summed E-state index contributed by atoms with van der Waals surface area (Å²) in [6.45, 7) is 7.69. The van der Waals surface area contributed by atoms with Crippen LogP contribution in [0.4, 0.5) is 4.39 Å². The van der Waals surface area contributed by atoms with E-state index in [9.17, 15) is 24.8 Å². The predicted octanol–water partition coefficient (Wildman–Crippen LogP) is 5.65. The molecule has 3 aliphatic rings. The molecule has 0 aromatic carbocycles. The Morgan fingerprint density at radius 3 is 2.37 bits per heavy atom. The van der Waals surface area contributed by atoms with Crippen LogP contribution in [0.2, 0.25) is 0 Å². The number of halogens is 1. The zero-order chi connectivity index (χ0) is 25.9. The van der Waals surface area contributed by atoms with Crippen molar-refractivity contribution in [2.24, 2.45) is 29.1 Å². The summed E-state index contributed by atoms with van der Waals surface area (Å²) in [5.74, 6) is 1.71. The molecule has 0 aliphatic heterocycles. The largest absolute Gasteiger partial charge is 0.390 e. The summed E-state index contributed by atoms with van der Waals surface area (Å²) in [7, 11) is 0. The van der Waals surface area contributed by atoms with Crippen molar-refractivity contribution in [1.82, 2.24) is 0 Å². The maximum Gasteiger partial charge on any atom is 0.144 e. The normalized spacial score (nSPS) is 40.6. The number of fused-ring (bicyclic) bond motifs is 1. The SMILES string of the molecule is CCC(O)(/C=C/C=C/[C@@H](C)C1CCC2/C(=C/CC3C[C@@H](O)C(O)(CF)[C@H](O)C3)CCCC21C)CC. The van der Waals surface area contributed by atoms with Gasteiger partial charge in [0.15, 0.2) is 0 Å². The quantitative estimate of drug-likeness (QED) is 0.248. The number of aliphatic hydroxyl groups is 4. The van der Waals surface area contributed by atoms with Crippen LogP contribution in [0, 0.1) is 29.1 Å². The van der Waals surface area contributed by atoms with Crippen LogP contribution in [-0.4, -0.2) is 50.5 Å². The van der Waals surface area contributed by atoms with Gasteiger partial charge in [-0.15, -0.1) is 0 Å². The second-order valence-corrected chi connectivity index (χ2v) is 12.0. The van der Waals surface area contributed by atoms with Gasteiger partial charge >= 0.3 is 0 Å². The smallest absolute Gasteiger partial charge is 0.144 e. The van der Waals surface area contributed by atoms with Crippen LogP contribution >= 0.6 is 0 Å². The Morgan fingerprint density at radius 1 is 1.11 bits per heavy atom. The van der Waals surface area contributed by atoms with Gasteiger partial charge in [-0.3, -0.25) is 0 Å². The van der Waals surface area contributed by atoms with Crippen LogP contribution in [0.1, 0.15) is 91.9 Å². The molecule has 0 spiro atoms. The first-order valence-corrected chi connectivity index (χ1v) is 13.9. The molecule has 3 fully saturated rings. The highest BCUT2D eigenvalue weighted by atomic mass is 19.1. The van der Waals surface area contributed by atoms with Crippen molar-refractivity contribution in [2.45, 2.75) is 115 Å². The summed E-state index contributed by atoms with van der Waals surface area (Å²) >= 11 is 0. The lowest BCUT2D eigenvalue weighted by atomic mass is 9.61. The van der Waals surface area contributed by atoms with E-state index < -0.39 is 30.1 Å². The molecule has 4 nitrogen and oxygen atoms in total. The first kappa shape index (κ1) is 28.6. The highest BCUT2D eigenvalue weighted by Gasteiger charge is 2.51. The van der Waals surface area contributed by atoms with Gasteiger partial charge in [-0.05, 0) is 93.3 Å². The molecule has 0 saturated heterocycles. The van der Waals surface area contributed by atoms with Crippen LogP contribution < -0.4 is 0 Å².